The van der Waals surface area contributed by atoms with Gasteiger partial charge in [-0.2, -0.15) is 0 Å². The molecule has 1 atom stereocenters. The predicted octanol–water partition coefficient (Wildman–Crippen LogP) is 3.05. The van der Waals surface area contributed by atoms with Gasteiger partial charge in [-0.1, -0.05) is 18.2 Å². The lowest BCUT2D eigenvalue weighted by Crippen LogP contribution is -2.47. The van der Waals surface area contributed by atoms with Crippen molar-refractivity contribution < 1.29 is 18.0 Å². The quantitative estimate of drug-likeness (QED) is 0.547. The zero-order chi connectivity index (χ0) is 24.0. The number of benzene rings is 2. The first-order valence-corrected chi connectivity index (χ1v) is 12.7. The monoisotopic (exact) mass is 472 g/mol. The van der Waals surface area contributed by atoms with Crippen molar-refractivity contribution in [2.75, 3.05) is 23.7 Å². The number of anilines is 2. The fourth-order valence-electron chi connectivity index (χ4n) is 3.82. The average molecular weight is 473 g/mol. The van der Waals surface area contributed by atoms with Crippen molar-refractivity contribution in [2.45, 2.75) is 50.6 Å². The number of carbonyl (C=O) groups excluding carboxylic acids is 2. The van der Waals surface area contributed by atoms with Crippen LogP contribution < -0.4 is 15.4 Å². The Hall–Kier alpha value is -2.75. The third-order valence-corrected chi connectivity index (χ3v) is 7.37. The van der Waals surface area contributed by atoms with Gasteiger partial charge < -0.3 is 10.6 Å². The largest absolute Gasteiger partial charge is 0.326 e. The van der Waals surface area contributed by atoms with E-state index < -0.39 is 10.0 Å². The van der Waals surface area contributed by atoms with E-state index in [2.05, 4.69) is 20.3 Å². The smallest absolute Gasteiger partial charge is 0.241 e. The van der Waals surface area contributed by atoms with Crippen LogP contribution in [0.15, 0.2) is 59.5 Å². The number of piperidine rings is 1. The number of hydrogen-bond donors (Lipinski definition) is 3. The average Bonchev–Trinajstić information content (AvgIpc) is 2.79. The number of hydrogen-bond acceptors (Lipinski definition) is 5. The molecule has 1 unspecified atom stereocenters. The van der Waals surface area contributed by atoms with Crippen molar-refractivity contribution in [1.29, 1.82) is 0 Å². The molecule has 0 spiro atoms. The summed E-state index contributed by atoms with van der Waals surface area (Å²) in [5, 5.41) is 5.80. The summed E-state index contributed by atoms with van der Waals surface area (Å²) in [6.45, 7) is 6.65. The Morgan fingerprint density at radius 3 is 2.03 bits per heavy atom. The molecule has 0 radical (unpaired) electrons. The molecule has 1 aliphatic rings. The van der Waals surface area contributed by atoms with Gasteiger partial charge in [0.2, 0.25) is 21.8 Å². The standard InChI is InChI=1S/C24H32N4O4S/c1-17(2)27-33(31,32)22-11-9-21(10-12-22)25-23(29)18(3)28-15-13-19(14-16-28)24(30)26-20-7-5-4-6-8-20/h4-12,17-19,27H,13-16H2,1-3H3,(H,25,29)(H,26,30). The molecule has 9 heteroatoms. The maximum Gasteiger partial charge on any atom is 0.241 e. The highest BCUT2D eigenvalue weighted by atomic mass is 32.2. The zero-order valence-electron chi connectivity index (χ0n) is 19.2. The molecule has 1 fully saturated rings. The summed E-state index contributed by atoms with van der Waals surface area (Å²) in [6, 6.07) is 14.9. The Morgan fingerprint density at radius 1 is 0.879 bits per heavy atom. The van der Waals surface area contributed by atoms with E-state index in [0.717, 1.165) is 5.69 Å². The van der Waals surface area contributed by atoms with Gasteiger partial charge in [-0.3, -0.25) is 14.5 Å². The summed E-state index contributed by atoms with van der Waals surface area (Å²) >= 11 is 0. The second-order valence-electron chi connectivity index (χ2n) is 8.63. The number of nitrogens with zero attached hydrogens (tertiary/aromatic N) is 1. The van der Waals surface area contributed by atoms with E-state index >= 15 is 0 Å². The first-order valence-electron chi connectivity index (χ1n) is 11.2. The first kappa shape index (κ1) is 24.9. The van der Waals surface area contributed by atoms with E-state index in [4.69, 9.17) is 0 Å². The van der Waals surface area contributed by atoms with Crippen LogP contribution in [0.3, 0.4) is 0 Å². The summed E-state index contributed by atoms with van der Waals surface area (Å²) in [5.41, 5.74) is 1.32. The van der Waals surface area contributed by atoms with E-state index in [-0.39, 0.29) is 34.7 Å². The van der Waals surface area contributed by atoms with Crippen LogP contribution in [-0.4, -0.2) is 50.3 Å². The molecule has 1 aliphatic heterocycles. The summed E-state index contributed by atoms with van der Waals surface area (Å²) in [7, 11) is -3.57. The number of nitrogens with one attached hydrogen (secondary N) is 3. The molecule has 178 valence electrons. The number of likely N-dealkylation sites (tertiary alicyclic amines) is 1. The zero-order valence-corrected chi connectivity index (χ0v) is 20.1. The minimum absolute atomic E-state index is 0.0138. The number of para-hydroxylation sites is 1. The lowest BCUT2D eigenvalue weighted by atomic mass is 9.94. The third kappa shape index (κ3) is 6.86. The summed E-state index contributed by atoms with van der Waals surface area (Å²) in [4.78, 5) is 27.5. The summed E-state index contributed by atoms with van der Waals surface area (Å²) < 4.78 is 27.0. The highest BCUT2D eigenvalue weighted by Gasteiger charge is 2.30. The number of amides is 2. The van der Waals surface area contributed by atoms with Crippen molar-refractivity contribution in [3.63, 3.8) is 0 Å². The van der Waals surface area contributed by atoms with Crippen LogP contribution in [0.2, 0.25) is 0 Å². The molecule has 3 rings (SSSR count). The van der Waals surface area contributed by atoms with Crippen LogP contribution in [0, 0.1) is 5.92 Å². The van der Waals surface area contributed by atoms with Gasteiger partial charge in [-0.25, -0.2) is 13.1 Å². The molecular weight excluding hydrogens is 440 g/mol. The van der Waals surface area contributed by atoms with Crippen LogP contribution in [-0.2, 0) is 19.6 Å². The van der Waals surface area contributed by atoms with Gasteiger partial charge >= 0.3 is 0 Å². The third-order valence-electron chi connectivity index (χ3n) is 5.69. The maximum absolute atomic E-state index is 12.7. The number of carbonyl (C=O) groups is 2. The molecule has 0 saturated carbocycles. The maximum atomic E-state index is 12.7. The summed E-state index contributed by atoms with van der Waals surface area (Å²) in [5.74, 6) is -0.233. The number of sulfonamides is 1. The van der Waals surface area contributed by atoms with Gasteiger partial charge in [-0.15, -0.1) is 0 Å². The highest BCUT2D eigenvalue weighted by Crippen LogP contribution is 2.22. The molecule has 0 bridgehead atoms. The minimum Gasteiger partial charge on any atom is -0.326 e. The molecular formula is C24H32N4O4S. The second-order valence-corrected chi connectivity index (χ2v) is 10.3. The molecule has 33 heavy (non-hydrogen) atoms. The van der Waals surface area contributed by atoms with Crippen molar-refractivity contribution in [1.82, 2.24) is 9.62 Å². The molecule has 1 saturated heterocycles. The second kappa shape index (κ2) is 10.9. The Balaban J connectivity index is 1.50. The van der Waals surface area contributed by atoms with Crippen LogP contribution in [0.25, 0.3) is 0 Å². The van der Waals surface area contributed by atoms with Crippen molar-refractivity contribution in [3.05, 3.63) is 54.6 Å². The predicted molar refractivity (Wildman–Crippen MR) is 129 cm³/mol. The Labute approximate surface area is 195 Å². The van der Waals surface area contributed by atoms with Crippen LogP contribution in [0.5, 0.6) is 0 Å². The molecule has 2 amide bonds. The topological polar surface area (TPSA) is 108 Å². The fraction of sp³-hybridized carbons (Fsp3) is 0.417. The van der Waals surface area contributed by atoms with Gasteiger partial charge in [0.15, 0.2) is 0 Å². The first-order chi connectivity index (χ1) is 15.7. The van der Waals surface area contributed by atoms with Crippen molar-refractivity contribution in [2.24, 2.45) is 5.92 Å². The Kier molecular flexibility index (Phi) is 8.23. The normalized spacial score (nSPS) is 16.4. The van der Waals surface area contributed by atoms with Crippen molar-refractivity contribution >= 4 is 33.2 Å². The summed E-state index contributed by atoms with van der Waals surface area (Å²) in [6.07, 6.45) is 1.37. The van der Waals surface area contributed by atoms with E-state index in [1.54, 1.807) is 26.0 Å². The van der Waals surface area contributed by atoms with Gasteiger partial charge in [0, 0.05) is 23.3 Å². The number of rotatable bonds is 8. The molecule has 2 aromatic rings. The lowest BCUT2D eigenvalue weighted by molar-refractivity contribution is -0.123. The van der Waals surface area contributed by atoms with Crippen LogP contribution in [0.1, 0.15) is 33.6 Å². The molecule has 2 aromatic carbocycles. The van der Waals surface area contributed by atoms with Gasteiger partial charge in [0.1, 0.15) is 0 Å². The molecule has 8 nitrogen and oxygen atoms in total. The van der Waals surface area contributed by atoms with E-state index in [9.17, 15) is 18.0 Å². The SMILES string of the molecule is CC(C)NS(=O)(=O)c1ccc(NC(=O)C(C)N2CCC(C(=O)Nc3ccccc3)CC2)cc1. The minimum atomic E-state index is -3.57. The Bertz CT molecular complexity index is 1050. The van der Waals surface area contributed by atoms with E-state index in [1.165, 1.54) is 12.1 Å². The van der Waals surface area contributed by atoms with Crippen LogP contribution >= 0.6 is 0 Å². The van der Waals surface area contributed by atoms with E-state index in [0.29, 0.717) is 31.6 Å². The van der Waals surface area contributed by atoms with Gasteiger partial charge in [-0.05, 0) is 83.1 Å². The molecule has 1 heterocycles. The van der Waals surface area contributed by atoms with Gasteiger partial charge in [0.25, 0.3) is 0 Å². The molecule has 3 N–H and O–H groups in total. The van der Waals surface area contributed by atoms with Gasteiger partial charge in [0.05, 0.1) is 10.9 Å². The molecule has 0 aliphatic carbocycles. The Morgan fingerprint density at radius 2 is 1.45 bits per heavy atom. The van der Waals surface area contributed by atoms with E-state index in [1.807, 2.05) is 37.3 Å². The molecule has 0 aromatic heterocycles. The van der Waals surface area contributed by atoms with Crippen molar-refractivity contribution in [3.8, 4) is 0 Å². The lowest BCUT2D eigenvalue weighted by Gasteiger charge is -2.34. The fourth-order valence-corrected chi connectivity index (χ4v) is 5.07. The highest BCUT2D eigenvalue weighted by molar-refractivity contribution is 7.89. The van der Waals surface area contributed by atoms with Crippen LogP contribution in [0.4, 0.5) is 11.4 Å².